The predicted molar refractivity (Wildman–Crippen MR) is 81.8 cm³/mol. The van der Waals surface area contributed by atoms with Gasteiger partial charge in [0, 0.05) is 18.2 Å². The van der Waals surface area contributed by atoms with Crippen LogP contribution in [0.5, 0.6) is 0 Å². The molecule has 2 rings (SSSR count). The minimum Gasteiger partial charge on any atom is -0.454 e. The number of benzene rings is 2. The standard InChI is InChI=1S/C17H15NO4/c1-12(19)18-15-9-7-13(8-10-15)16(20)11-22-17(21)14-5-3-2-4-6-14/h2-10H,11H2,1H3,(H,18,19). The number of hydrogen-bond acceptors (Lipinski definition) is 4. The van der Waals surface area contributed by atoms with E-state index < -0.39 is 5.97 Å². The zero-order valence-electron chi connectivity index (χ0n) is 12.0. The summed E-state index contributed by atoms with van der Waals surface area (Å²) < 4.78 is 4.98. The Morgan fingerprint density at radius 3 is 2.14 bits per heavy atom. The van der Waals surface area contributed by atoms with E-state index >= 15 is 0 Å². The molecular formula is C17H15NO4. The molecule has 5 nitrogen and oxygen atoms in total. The van der Waals surface area contributed by atoms with Gasteiger partial charge in [-0.25, -0.2) is 4.79 Å². The van der Waals surface area contributed by atoms with Crippen molar-refractivity contribution in [2.75, 3.05) is 11.9 Å². The van der Waals surface area contributed by atoms with Crippen molar-refractivity contribution in [3.8, 4) is 0 Å². The molecule has 0 spiro atoms. The highest BCUT2D eigenvalue weighted by molar-refractivity contribution is 6.00. The average molecular weight is 297 g/mol. The van der Waals surface area contributed by atoms with Gasteiger partial charge in [-0.1, -0.05) is 18.2 Å². The molecule has 1 N–H and O–H groups in total. The minimum atomic E-state index is -0.538. The number of esters is 1. The molecule has 0 saturated heterocycles. The summed E-state index contributed by atoms with van der Waals surface area (Å²) in [5.41, 5.74) is 1.41. The quantitative estimate of drug-likeness (QED) is 0.680. The number of hydrogen-bond donors (Lipinski definition) is 1. The molecule has 0 aliphatic rings. The monoisotopic (exact) mass is 297 g/mol. The Hall–Kier alpha value is -2.95. The van der Waals surface area contributed by atoms with E-state index in [2.05, 4.69) is 5.32 Å². The van der Waals surface area contributed by atoms with Crippen molar-refractivity contribution in [3.05, 3.63) is 65.7 Å². The first-order valence-corrected chi connectivity index (χ1v) is 6.69. The topological polar surface area (TPSA) is 72.5 Å². The normalized spacial score (nSPS) is 9.86. The van der Waals surface area contributed by atoms with Crippen LogP contribution >= 0.6 is 0 Å². The van der Waals surface area contributed by atoms with Crippen LogP contribution in [-0.4, -0.2) is 24.3 Å². The van der Waals surface area contributed by atoms with Crippen molar-refractivity contribution in [2.45, 2.75) is 6.92 Å². The molecule has 0 fully saturated rings. The van der Waals surface area contributed by atoms with E-state index in [1.807, 2.05) is 0 Å². The van der Waals surface area contributed by atoms with Crippen LogP contribution in [-0.2, 0) is 9.53 Å². The second-order valence-electron chi connectivity index (χ2n) is 4.62. The second kappa shape index (κ2) is 7.17. The number of carbonyl (C=O) groups is 3. The summed E-state index contributed by atoms with van der Waals surface area (Å²) in [7, 11) is 0. The fourth-order valence-corrected chi connectivity index (χ4v) is 1.81. The number of anilines is 1. The predicted octanol–water partition coefficient (Wildman–Crippen LogP) is 2.68. The highest BCUT2D eigenvalue weighted by atomic mass is 16.5. The Kier molecular flexibility index (Phi) is 5.03. The van der Waals surface area contributed by atoms with E-state index in [4.69, 9.17) is 4.74 Å². The van der Waals surface area contributed by atoms with Gasteiger partial charge in [-0.15, -0.1) is 0 Å². The minimum absolute atomic E-state index is 0.184. The summed E-state index contributed by atoms with van der Waals surface area (Å²) in [5.74, 6) is -1.03. The van der Waals surface area contributed by atoms with Crippen LogP contribution in [0.25, 0.3) is 0 Å². The molecule has 0 aliphatic heterocycles. The molecule has 2 aromatic carbocycles. The van der Waals surface area contributed by atoms with Gasteiger partial charge in [0.05, 0.1) is 5.56 Å². The number of carbonyl (C=O) groups excluding carboxylic acids is 3. The number of Topliss-reactive ketones (excluding diaryl/α,β-unsaturated/α-hetero) is 1. The molecular weight excluding hydrogens is 282 g/mol. The smallest absolute Gasteiger partial charge is 0.338 e. The maximum atomic E-state index is 11.9. The summed E-state index contributed by atoms with van der Waals surface area (Å²) in [5, 5.41) is 2.61. The highest BCUT2D eigenvalue weighted by Crippen LogP contribution is 2.10. The molecule has 5 heteroatoms. The molecule has 1 amide bonds. The first kappa shape index (κ1) is 15.4. The van der Waals surface area contributed by atoms with E-state index in [1.54, 1.807) is 54.6 Å². The highest BCUT2D eigenvalue weighted by Gasteiger charge is 2.11. The van der Waals surface area contributed by atoms with Crippen molar-refractivity contribution >= 4 is 23.3 Å². The first-order valence-electron chi connectivity index (χ1n) is 6.69. The zero-order valence-corrected chi connectivity index (χ0v) is 12.0. The maximum Gasteiger partial charge on any atom is 0.338 e. The van der Waals surface area contributed by atoms with Gasteiger partial charge in [0.1, 0.15) is 0 Å². The molecule has 2 aromatic rings. The second-order valence-corrected chi connectivity index (χ2v) is 4.62. The van der Waals surface area contributed by atoms with Crippen LogP contribution in [0.1, 0.15) is 27.6 Å². The van der Waals surface area contributed by atoms with Gasteiger partial charge < -0.3 is 10.1 Å². The number of ether oxygens (including phenoxy) is 1. The molecule has 0 aromatic heterocycles. The lowest BCUT2D eigenvalue weighted by Crippen LogP contribution is -2.14. The van der Waals surface area contributed by atoms with Crippen LogP contribution in [0.2, 0.25) is 0 Å². The molecule has 0 saturated carbocycles. The maximum absolute atomic E-state index is 11.9. The summed E-state index contributed by atoms with van der Waals surface area (Å²) in [6.07, 6.45) is 0. The Morgan fingerprint density at radius 1 is 0.909 bits per heavy atom. The number of ketones is 1. The van der Waals surface area contributed by atoms with Crippen molar-refractivity contribution in [1.29, 1.82) is 0 Å². The van der Waals surface area contributed by atoms with Gasteiger partial charge in [0.2, 0.25) is 5.91 Å². The molecule has 0 radical (unpaired) electrons. The van der Waals surface area contributed by atoms with Gasteiger partial charge >= 0.3 is 5.97 Å². The van der Waals surface area contributed by atoms with Crippen LogP contribution in [0, 0.1) is 0 Å². The number of rotatable bonds is 5. The Balaban J connectivity index is 1.92. The fraction of sp³-hybridized carbons (Fsp3) is 0.118. The fourth-order valence-electron chi connectivity index (χ4n) is 1.81. The Labute approximate surface area is 127 Å². The third-order valence-electron chi connectivity index (χ3n) is 2.87. The lowest BCUT2D eigenvalue weighted by atomic mass is 10.1. The Bertz CT molecular complexity index is 678. The molecule has 112 valence electrons. The average Bonchev–Trinajstić information content (AvgIpc) is 2.53. The molecule has 0 bridgehead atoms. The van der Waals surface area contributed by atoms with Gasteiger partial charge in [0.25, 0.3) is 0 Å². The summed E-state index contributed by atoms with van der Waals surface area (Å²) in [6.45, 7) is 1.08. The summed E-state index contributed by atoms with van der Waals surface area (Å²) in [6, 6.07) is 14.9. The third kappa shape index (κ3) is 4.28. The SMILES string of the molecule is CC(=O)Nc1ccc(C(=O)COC(=O)c2ccccc2)cc1. The van der Waals surface area contributed by atoms with E-state index in [9.17, 15) is 14.4 Å². The lowest BCUT2D eigenvalue weighted by Gasteiger charge is -2.06. The number of amides is 1. The summed E-state index contributed by atoms with van der Waals surface area (Å²) in [4.78, 5) is 34.6. The molecule has 0 heterocycles. The van der Waals surface area contributed by atoms with Crippen LogP contribution in [0.4, 0.5) is 5.69 Å². The molecule has 22 heavy (non-hydrogen) atoms. The van der Waals surface area contributed by atoms with E-state index in [0.717, 1.165) is 0 Å². The van der Waals surface area contributed by atoms with E-state index in [1.165, 1.54) is 6.92 Å². The number of nitrogens with one attached hydrogen (secondary N) is 1. The van der Waals surface area contributed by atoms with Crippen LogP contribution < -0.4 is 5.32 Å². The molecule has 0 aliphatic carbocycles. The van der Waals surface area contributed by atoms with Crippen molar-refractivity contribution in [3.63, 3.8) is 0 Å². The Morgan fingerprint density at radius 2 is 1.55 bits per heavy atom. The largest absolute Gasteiger partial charge is 0.454 e. The van der Waals surface area contributed by atoms with Crippen LogP contribution in [0.15, 0.2) is 54.6 Å². The van der Waals surface area contributed by atoms with Gasteiger partial charge in [-0.2, -0.15) is 0 Å². The van der Waals surface area contributed by atoms with Crippen molar-refractivity contribution < 1.29 is 19.1 Å². The van der Waals surface area contributed by atoms with Crippen molar-refractivity contribution in [2.24, 2.45) is 0 Å². The van der Waals surface area contributed by atoms with Crippen molar-refractivity contribution in [1.82, 2.24) is 0 Å². The molecule has 0 atom stereocenters. The first-order chi connectivity index (χ1) is 10.6. The van der Waals surface area contributed by atoms with Gasteiger partial charge in [0.15, 0.2) is 12.4 Å². The van der Waals surface area contributed by atoms with Gasteiger partial charge in [-0.3, -0.25) is 9.59 Å². The molecule has 0 unspecified atom stereocenters. The van der Waals surface area contributed by atoms with E-state index in [0.29, 0.717) is 16.8 Å². The zero-order chi connectivity index (χ0) is 15.9. The lowest BCUT2D eigenvalue weighted by molar-refractivity contribution is -0.114. The summed E-state index contributed by atoms with van der Waals surface area (Å²) >= 11 is 0. The van der Waals surface area contributed by atoms with Crippen LogP contribution in [0.3, 0.4) is 0 Å². The van der Waals surface area contributed by atoms with E-state index in [-0.39, 0.29) is 18.3 Å². The van der Waals surface area contributed by atoms with Gasteiger partial charge in [-0.05, 0) is 36.4 Å². The third-order valence-corrected chi connectivity index (χ3v) is 2.87.